The van der Waals surface area contributed by atoms with Crippen LogP contribution in [0.15, 0.2) is 109 Å². The van der Waals surface area contributed by atoms with Crippen LogP contribution in [0.2, 0.25) is 0 Å². The number of unbranched alkanes of at least 4 members (excludes halogenated alkanes) is 17. The quantitative estimate of drug-likeness (QED) is 0.0262. The minimum absolute atomic E-state index is 0.0948. The fourth-order valence-corrected chi connectivity index (χ4v) is 6.85. The number of hydrogen-bond donors (Lipinski definition) is 0. The highest BCUT2D eigenvalue weighted by Gasteiger charge is 2.19. The molecule has 0 rings (SSSR count). The van der Waals surface area contributed by atoms with Crippen LogP contribution in [0, 0.1) is 0 Å². The zero-order valence-corrected chi connectivity index (χ0v) is 42.0. The van der Waals surface area contributed by atoms with Gasteiger partial charge in [-0.25, -0.2) is 0 Å². The number of esters is 3. The fraction of sp³-hybridized carbons (Fsp3) is 0.644. The summed E-state index contributed by atoms with van der Waals surface area (Å²) >= 11 is 0. The molecule has 0 radical (unpaired) electrons. The van der Waals surface area contributed by atoms with E-state index in [0.29, 0.717) is 19.3 Å². The molecule has 0 aliphatic rings. The van der Waals surface area contributed by atoms with E-state index < -0.39 is 6.10 Å². The van der Waals surface area contributed by atoms with Crippen LogP contribution in [-0.2, 0) is 28.6 Å². The van der Waals surface area contributed by atoms with E-state index in [1.54, 1.807) is 0 Å². The third-order valence-electron chi connectivity index (χ3n) is 10.8. The maximum Gasteiger partial charge on any atom is 0.306 e. The molecule has 6 nitrogen and oxygen atoms in total. The van der Waals surface area contributed by atoms with E-state index in [4.69, 9.17) is 14.2 Å². The molecule has 6 heteroatoms. The molecule has 1 unspecified atom stereocenters. The highest BCUT2D eigenvalue weighted by atomic mass is 16.6. The third-order valence-corrected chi connectivity index (χ3v) is 10.8. The van der Waals surface area contributed by atoms with Crippen molar-refractivity contribution >= 4 is 17.9 Å². The second kappa shape index (κ2) is 52.7. The van der Waals surface area contributed by atoms with Gasteiger partial charge in [0.1, 0.15) is 13.2 Å². The molecule has 0 aromatic rings. The van der Waals surface area contributed by atoms with E-state index in [1.165, 1.54) is 77.0 Å². The number of allylic oxidation sites excluding steroid dienone is 18. The number of ether oxygens (including phenoxy) is 3. The molecule has 0 fully saturated rings. The monoisotopic (exact) mass is 901 g/mol. The van der Waals surface area contributed by atoms with E-state index in [0.717, 1.165) is 103 Å². The van der Waals surface area contributed by atoms with Gasteiger partial charge in [0.15, 0.2) is 6.10 Å². The lowest BCUT2D eigenvalue weighted by Gasteiger charge is -2.18. The summed E-state index contributed by atoms with van der Waals surface area (Å²) in [4.78, 5) is 37.7. The fourth-order valence-electron chi connectivity index (χ4n) is 6.85. The summed E-state index contributed by atoms with van der Waals surface area (Å²) < 4.78 is 16.7. The molecule has 0 bridgehead atoms. The Morgan fingerprint density at radius 3 is 0.938 bits per heavy atom. The molecular formula is C59H96O6. The molecule has 0 saturated carbocycles. The van der Waals surface area contributed by atoms with Gasteiger partial charge in [0, 0.05) is 19.3 Å². The third kappa shape index (κ3) is 50.9. The molecule has 0 saturated heterocycles. The minimum atomic E-state index is -0.796. The van der Waals surface area contributed by atoms with Crippen LogP contribution in [0.25, 0.3) is 0 Å². The second-order valence-corrected chi connectivity index (χ2v) is 17.1. The smallest absolute Gasteiger partial charge is 0.306 e. The van der Waals surface area contributed by atoms with Crippen molar-refractivity contribution < 1.29 is 28.6 Å². The predicted molar refractivity (Wildman–Crippen MR) is 279 cm³/mol. The molecular weight excluding hydrogens is 805 g/mol. The SMILES string of the molecule is CC/C=C\C/C=C\C/C=C\C/C=C\C/C=C\C/C=C\C/C=C\C/C=C\C/C=C\CCCC(=O)OCC(COC(=O)CCCCCCCCCC)OC(=O)CCCCCCCCCCCC. The van der Waals surface area contributed by atoms with Crippen molar-refractivity contribution in [3.05, 3.63) is 109 Å². The summed E-state index contributed by atoms with van der Waals surface area (Å²) in [6.07, 6.45) is 71.0. The first kappa shape index (κ1) is 61.1. The molecule has 1 atom stereocenters. The van der Waals surface area contributed by atoms with Gasteiger partial charge < -0.3 is 14.2 Å². The van der Waals surface area contributed by atoms with Crippen molar-refractivity contribution in [3.63, 3.8) is 0 Å². The van der Waals surface area contributed by atoms with Gasteiger partial charge in [-0.1, -0.05) is 233 Å². The average molecular weight is 901 g/mol. The van der Waals surface area contributed by atoms with E-state index in [1.807, 2.05) is 0 Å². The minimum Gasteiger partial charge on any atom is -0.462 e. The largest absolute Gasteiger partial charge is 0.462 e. The van der Waals surface area contributed by atoms with Crippen LogP contribution in [0.1, 0.15) is 226 Å². The summed E-state index contributed by atoms with van der Waals surface area (Å²) in [5, 5.41) is 0. The molecule has 0 spiro atoms. The summed E-state index contributed by atoms with van der Waals surface area (Å²) in [5.74, 6) is -0.969. The molecule has 0 aromatic heterocycles. The Hall–Kier alpha value is -3.93. The van der Waals surface area contributed by atoms with Crippen LogP contribution in [0.4, 0.5) is 0 Å². The Labute approximate surface area is 400 Å². The normalized spacial score (nSPS) is 13.0. The molecule has 0 aliphatic heterocycles. The lowest BCUT2D eigenvalue weighted by Crippen LogP contribution is -2.30. The van der Waals surface area contributed by atoms with E-state index in [2.05, 4.69) is 130 Å². The van der Waals surface area contributed by atoms with Gasteiger partial charge in [0.25, 0.3) is 0 Å². The summed E-state index contributed by atoms with van der Waals surface area (Å²) in [5.41, 5.74) is 0. The van der Waals surface area contributed by atoms with Crippen LogP contribution in [0.3, 0.4) is 0 Å². The lowest BCUT2D eigenvalue weighted by atomic mass is 10.1. The highest BCUT2D eigenvalue weighted by Crippen LogP contribution is 2.14. The summed E-state index contributed by atoms with van der Waals surface area (Å²) in [6, 6.07) is 0. The molecule has 368 valence electrons. The summed E-state index contributed by atoms with van der Waals surface area (Å²) in [6.45, 7) is 6.41. The first-order chi connectivity index (χ1) is 32.0. The molecule has 65 heavy (non-hydrogen) atoms. The maximum absolute atomic E-state index is 12.7. The average Bonchev–Trinajstić information content (AvgIpc) is 3.30. The zero-order valence-electron chi connectivity index (χ0n) is 42.0. The van der Waals surface area contributed by atoms with Crippen LogP contribution in [0.5, 0.6) is 0 Å². The lowest BCUT2D eigenvalue weighted by molar-refractivity contribution is -0.167. The van der Waals surface area contributed by atoms with Crippen LogP contribution >= 0.6 is 0 Å². The number of hydrogen-bond acceptors (Lipinski definition) is 6. The van der Waals surface area contributed by atoms with Crippen molar-refractivity contribution in [2.24, 2.45) is 0 Å². The second-order valence-electron chi connectivity index (χ2n) is 17.1. The van der Waals surface area contributed by atoms with Crippen molar-refractivity contribution in [1.29, 1.82) is 0 Å². The van der Waals surface area contributed by atoms with Crippen LogP contribution < -0.4 is 0 Å². The number of carbonyl (C=O) groups is 3. The topological polar surface area (TPSA) is 78.9 Å². The Bertz CT molecular complexity index is 1360. The Morgan fingerprint density at radius 1 is 0.323 bits per heavy atom. The van der Waals surface area contributed by atoms with Gasteiger partial charge in [0.2, 0.25) is 0 Å². The van der Waals surface area contributed by atoms with Gasteiger partial charge in [-0.3, -0.25) is 14.4 Å². The predicted octanol–water partition coefficient (Wildman–Crippen LogP) is 17.5. The van der Waals surface area contributed by atoms with Gasteiger partial charge in [-0.05, 0) is 83.5 Å². The number of carbonyl (C=O) groups excluding carboxylic acids is 3. The molecule has 0 heterocycles. The molecule has 0 aliphatic carbocycles. The van der Waals surface area contributed by atoms with Crippen molar-refractivity contribution in [2.75, 3.05) is 13.2 Å². The maximum atomic E-state index is 12.7. The van der Waals surface area contributed by atoms with Gasteiger partial charge in [0.05, 0.1) is 0 Å². The van der Waals surface area contributed by atoms with Gasteiger partial charge >= 0.3 is 17.9 Å². The van der Waals surface area contributed by atoms with E-state index >= 15 is 0 Å². The van der Waals surface area contributed by atoms with Crippen LogP contribution in [-0.4, -0.2) is 37.2 Å². The highest BCUT2D eigenvalue weighted by molar-refractivity contribution is 5.71. The van der Waals surface area contributed by atoms with Gasteiger partial charge in [-0.2, -0.15) is 0 Å². The van der Waals surface area contributed by atoms with Crippen molar-refractivity contribution in [1.82, 2.24) is 0 Å². The first-order valence-electron chi connectivity index (χ1n) is 26.4. The number of rotatable bonds is 46. The van der Waals surface area contributed by atoms with E-state index in [9.17, 15) is 14.4 Å². The molecule has 0 amide bonds. The standard InChI is InChI=1S/C59H96O6/c1-4-7-10-13-16-19-21-22-23-24-25-26-27-28-29-30-31-32-33-34-35-36-37-38-39-41-43-46-49-52-58(61)64-55-56(54-63-57(60)51-48-45-42-18-15-12-9-6-3)65-59(62)53-50-47-44-40-20-17-14-11-8-5-2/h7,10,16,19,22-23,25-26,28-29,31-32,34-35,37-38,41,43,56H,4-6,8-9,11-15,17-18,20-21,24,27,30,33,36,39-40,42,44-55H2,1-3H3/b10-7-,19-16-,23-22-,26-25-,29-28-,32-31-,35-34-,38-37-,43-41-. The molecule has 0 N–H and O–H groups in total. The Balaban J connectivity index is 4.29. The zero-order chi connectivity index (χ0) is 47.2. The van der Waals surface area contributed by atoms with Crippen molar-refractivity contribution in [3.8, 4) is 0 Å². The van der Waals surface area contributed by atoms with E-state index in [-0.39, 0.29) is 37.5 Å². The summed E-state index contributed by atoms with van der Waals surface area (Å²) in [7, 11) is 0. The van der Waals surface area contributed by atoms with Gasteiger partial charge in [-0.15, -0.1) is 0 Å². The molecule has 0 aromatic carbocycles. The first-order valence-corrected chi connectivity index (χ1v) is 26.4. The Morgan fingerprint density at radius 2 is 0.600 bits per heavy atom. The van der Waals surface area contributed by atoms with Crippen molar-refractivity contribution in [2.45, 2.75) is 232 Å². The Kier molecular flexibility index (Phi) is 49.5.